The molecular weight excluding hydrogens is 811 g/mol. The predicted molar refractivity (Wildman–Crippen MR) is 274 cm³/mol. The summed E-state index contributed by atoms with van der Waals surface area (Å²) in [4.78, 5) is 15.2. The molecule has 1 spiro atoms. The summed E-state index contributed by atoms with van der Waals surface area (Å²) in [6.45, 7) is 0. The molecule has 11 aromatic rings. The first-order valence-electron chi connectivity index (χ1n) is 22.9. The molecule has 0 N–H and O–H groups in total. The molecule has 0 atom stereocenters. The third-order valence-electron chi connectivity index (χ3n) is 13.8. The summed E-state index contributed by atoms with van der Waals surface area (Å²) in [6.07, 6.45) is 0. The second kappa shape index (κ2) is 15.7. The van der Waals surface area contributed by atoms with Gasteiger partial charge in [-0.15, -0.1) is 0 Å². The van der Waals surface area contributed by atoms with Crippen LogP contribution in [0.2, 0.25) is 0 Å². The first-order chi connectivity index (χ1) is 33.2. The zero-order chi connectivity index (χ0) is 44.3. The van der Waals surface area contributed by atoms with E-state index in [1.54, 1.807) is 0 Å². The van der Waals surface area contributed by atoms with Crippen LogP contribution in [0.5, 0.6) is 0 Å². The van der Waals surface area contributed by atoms with Crippen LogP contribution < -0.4 is 0 Å². The van der Waals surface area contributed by atoms with Crippen LogP contribution in [0, 0.1) is 0 Å². The van der Waals surface area contributed by atoms with E-state index in [4.69, 9.17) is 15.0 Å². The van der Waals surface area contributed by atoms with Crippen molar-refractivity contribution in [3.05, 3.63) is 271 Å². The normalized spacial score (nSPS) is 12.6. The van der Waals surface area contributed by atoms with Gasteiger partial charge in [-0.1, -0.05) is 243 Å². The minimum absolute atomic E-state index is 0.630. The van der Waals surface area contributed by atoms with Gasteiger partial charge in [0.05, 0.1) is 5.41 Å². The summed E-state index contributed by atoms with van der Waals surface area (Å²) in [5, 5.41) is 0. The van der Waals surface area contributed by atoms with Gasteiger partial charge in [-0.2, -0.15) is 0 Å². The van der Waals surface area contributed by atoms with Crippen molar-refractivity contribution in [2.75, 3.05) is 0 Å². The minimum Gasteiger partial charge on any atom is -0.208 e. The predicted octanol–water partition coefficient (Wildman–Crippen LogP) is 15.9. The minimum atomic E-state index is -0.631. The molecule has 2 aliphatic rings. The average molecular weight is 852 g/mol. The Labute approximate surface area is 390 Å². The van der Waals surface area contributed by atoms with Gasteiger partial charge in [0, 0.05) is 16.7 Å². The number of nitrogens with zero attached hydrogens (tertiary/aromatic N) is 3. The van der Waals surface area contributed by atoms with E-state index in [9.17, 15) is 0 Å². The molecule has 13 rings (SSSR count). The maximum absolute atomic E-state index is 5.11. The van der Waals surface area contributed by atoms with Crippen molar-refractivity contribution < 1.29 is 0 Å². The van der Waals surface area contributed by atoms with Gasteiger partial charge in [-0.25, -0.2) is 15.0 Å². The van der Waals surface area contributed by atoms with E-state index < -0.39 is 5.41 Å². The molecule has 312 valence electrons. The molecule has 3 heteroatoms. The molecule has 0 unspecified atom stereocenters. The van der Waals surface area contributed by atoms with Crippen molar-refractivity contribution in [2.24, 2.45) is 0 Å². The van der Waals surface area contributed by atoms with E-state index in [2.05, 4.69) is 224 Å². The Morgan fingerprint density at radius 2 is 0.463 bits per heavy atom. The van der Waals surface area contributed by atoms with E-state index in [0.29, 0.717) is 17.5 Å². The van der Waals surface area contributed by atoms with Gasteiger partial charge in [-0.05, 0) is 95.1 Å². The van der Waals surface area contributed by atoms with Gasteiger partial charge in [0.1, 0.15) is 0 Å². The molecule has 3 nitrogen and oxygen atoms in total. The van der Waals surface area contributed by atoms with Crippen LogP contribution in [0.1, 0.15) is 22.3 Å². The number of hydrogen-bond donors (Lipinski definition) is 0. The SMILES string of the molecule is c1ccc(-c2ccc(-c3nc(-c4ccccc4)nc(-c4ccc(-c5ccc6c(c5)C5(c7ccccc7-c7ccccc7-c7ccccc7-c7ccccc75)c5ccccc5-6)cc4)n3)cc2)cc1. The highest BCUT2D eigenvalue weighted by Crippen LogP contribution is 2.61. The lowest BCUT2D eigenvalue weighted by Crippen LogP contribution is -2.30. The van der Waals surface area contributed by atoms with Crippen molar-refractivity contribution in [1.29, 1.82) is 0 Å². The number of aromatic nitrogens is 3. The third kappa shape index (κ3) is 6.24. The monoisotopic (exact) mass is 851 g/mol. The van der Waals surface area contributed by atoms with Crippen molar-refractivity contribution >= 4 is 0 Å². The fraction of sp³-hybridized carbons (Fsp3) is 0.0156. The van der Waals surface area contributed by atoms with Gasteiger partial charge in [-0.3, -0.25) is 0 Å². The Balaban J connectivity index is 0.973. The quantitative estimate of drug-likeness (QED) is 0.173. The van der Waals surface area contributed by atoms with E-state index in [1.807, 2.05) is 24.3 Å². The lowest BCUT2D eigenvalue weighted by atomic mass is 9.64. The largest absolute Gasteiger partial charge is 0.208 e. The smallest absolute Gasteiger partial charge is 0.164 e. The molecule has 67 heavy (non-hydrogen) atoms. The lowest BCUT2D eigenvalue weighted by Gasteiger charge is -2.37. The summed E-state index contributed by atoms with van der Waals surface area (Å²) in [7, 11) is 0. The number of benzene rings is 10. The first-order valence-corrected chi connectivity index (χ1v) is 22.9. The van der Waals surface area contributed by atoms with Crippen LogP contribution in [0.15, 0.2) is 249 Å². The molecular formula is C64H41N3. The van der Waals surface area contributed by atoms with Crippen LogP contribution >= 0.6 is 0 Å². The highest BCUT2D eigenvalue weighted by Gasteiger charge is 2.49. The molecule has 0 radical (unpaired) electrons. The van der Waals surface area contributed by atoms with Crippen LogP contribution in [0.4, 0.5) is 0 Å². The Bertz CT molecular complexity index is 3580. The second-order valence-corrected chi connectivity index (χ2v) is 17.4. The van der Waals surface area contributed by atoms with Crippen LogP contribution in [-0.2, 0) is 5.41 Å². The summed E-state index contributed by atoms with van der Waals surface area (Å²) >= 11 is 0. The fourth-order valence-electron chi connectivity index (χ4n) is 10.8. The summed E-state index contributed by atoms with van der Waals surface area (Å²) in [5.41, 5.74) is 21.8. The maximum atomic E-state index is 5.11. The second-order valence-electron chi connectivity index (χ2n) is 17.4. The molecule has 0 saturated carbocycles. The standard InChI is InChI=1S/C64H41N3/c1-3-17-42(18-4-1)43-31-35-46(36-32-43)62-65-61(45-19-5-2-6-20-45)66-63(67-62)47-37-33-44(34-38-47)48-39-40-56-55-27-13-16-30-59(55)64(60(56)41-48)57-28-14-11-25-53(57)51-23-9-7-21-49(51)50-22-8-10-24-52(50)54-26-12-15-29-58(54)64/h1-41H. The molecule has 0 fully saturated rings. The summed E-state index contributed by atoms with van der Waals surface area (Å²) in [6, 6.07) is 90.0. The van der Waals surface area contributed by atoms with Crippen LogP contribution in [-0.4, -0.2) is 15.0 Å². The topological polar surface area (TPSA) is 38.7 Å². The van der Waals surface area contributed by atoms with Crippen molar-refractivity contribution in [3.8, 4) is 101 Å². The van der Waals surface area contributed by atoms with Gasteiger partial charge in [0.2, 0.25) is 0 Å². The number of fused-ring (bicyclic) bond motifs is 14. The van der Waals surface area contributed by atoms with Crippen molar-refractivity contribution in [1.82, 2.24) is 15.0 Å². The Hall–Kier alpha value is -8.79. The van der Waals surface area contributed by atoms with Crippen molar-refractivity contribution in [3.63, 3.8) is 0 Å². The van der Waals surface area contributed by atoms with E-state index >= 15 is 0 Å². The van der Waals surface area contributed by atoms with Gasteiger partial charge in [0.15, 0.2) is 17.5 Å². The average Bonchev–Trinajstić information content (AvgIpc) is 3.72. The first kappa shape index (κ1) is 38.6. The molecule has 1 heterocycles. The molecule has 0 amide bonds. The molecule has 10 aromatic carbocycles. The third-order valence-corrected chi connectivity index (χ3v) is 13.8. The van der Waals surface area contributed by atoms with E-state index in [-0.39, 0.29) is 0 Å². The molecule has 0 bridgehead atoms. The van der Waals surface area contributed by atoms with Gasteiger partial charge >= 0.3 is 0 Å². The zero-order valence-electron chi connectivity index (χ0n) is 36.5. The highest BCUT2D eigenvalue weighted by molar-refractivity contribution is 5.99. The van der Waals surface area contributed by atoms with Crippen molar-refractivity contribution in [2.45, 2.75) is 5.41 Å². The molecule has 0 saturated heterocycles. The van der Waals surface area contributed by atoms with Crippen LogP contribution in [0.3, 0.4) is 0 Å². The van der Waals surface area contributed by atoms with Crippen LogP contribution in [0.25, 0.3) is 101 Å². The maximum Gasteiger partial charge on any atom is 0.164 e. The number of hydrogen-bond acceptors (Lipinski definition) is 3. The fourth-order valence-corrected chi connectivity index (χ4v) is 10.8. The molecule has 0 aliphatic heterocycles. The van der Waals surface area contributed by atoms with Gasteiger partial charge in [0.25, 0.3) is 0 Å². The summed E-state index contributed by atoms with van der Waals surface area (Å²) in [5.74, 6) is 1.91. The Kier molecular flexibility index (Phi) is 9.07. The lowest BCUT2D eigenvalue weighted by molar-refractivity contribution is 0.773. The molecule has 1 aromatic heterocycles. The zero-order valence-corrected chi connectivity index (χ0v) is 36.5. The summed E-state index contributed by atoms with van der Waals surface area (Å²) < 4.78 is 0. The molecule has 2 aliphatic carbocycles. The van der Waals surface area contributed by atoms with E-state index in [0.717, 1.165) is 33.4 Å². The number of rotatable bonds is 5. The Morgan fingerprint density at radius 1 is 0.194 bits per heavy atom. The Morgan fingerprint density at radius 3 is 0.910 bits per heavy atom. The van der Waals surface area contributed by atoms with E-state index in [1.165, 1.54) is 72.3 Å². The van der Waals surface area contributed by atoms with Gasteiger partial charge < -0.3 is 0 Å². The highest BCUT2D eigenvalue weighted by atomic mass is 15.0.